The summed E-state index contributed by atoms with van der Waals surface area (Å²) in [7, 11) is 0. The number of carbonyl (C=O) groups is 1. The zero-order valence-corrected chi connectivity index (χ0v) is 15.7. The SMILES string of the molecule is CCCOc1ccccc1NC(=O)c1nn(-c2ccccc2F)c2c1CCC2. The fraction of sp³-hybridized carbons (Fsp3) is 0.273. The lowest BCUT2D eigenvalue weighted by molar-refractivity contribution is 0.102. The molecule has 0 spiro atoms. The molecule has 0 unspecified atom stereocenters. The Labute approximate surface area is 163 Å². The Hall–Kier alpha value is -3.15. The Kier molecular flexibility index (Phi) is 5.10. The molecule has 6 heteroatoms. The van der Waals surface area contributed by atoms with Crippen molar-refractivity contribution in [2.24, 2.45) is 0 Å². The average molecular weight is 379 g/mol. The monoisotopic (exact) mass is 379 g/mol. The molecule has 1 heterocycles. The summed E-state index contributed by atoms with van der Waals surface area (Å²) in [6.45, 7) is 2.60. The first-order valence-electron chi connectivity index (χ1n) is 9.58. The third kappa shape index (κ3) is 3.38. The predicted molar refractivity (Wildman–Crippen MR) is 106 cm³/mol. The summed E-state index contributed by atoms with van der Waals surface area (Å²) < 4.78 is 21.6. The molecule has 2 aromatic carbocycles. The van der Waals surface area contributed by atoms with Crippen LogP contribution in [-0.4, -0.2) is 22.3 Å². The number of anilines is 1. The number of halogens is 1. The van der Waals surface area contributed by atoms with Crippen LogP contribution < -0.4 is 10.1 Å². The minimum atomic E-state index is -0.357. The molecule has 0 saturated carbocycles. The highest BCUT2D eigenvalue weighted by atomic mass is 19.1. The number of aromatic nitrogens is 2. The average Bonchev–Trinajstić information content (AvgIpc) is 3.30. The number of carbonyl (C=O) groups excluding carboxylic acids is 1. The molecule has 1 aromatic heterocycles. The van der Waals surface area contributed by atoms with Gasteiger partial charge in [0, 0.05) is 11.3 Å². The van der Waals surface area contributed by atoms with Crippen molar-refractivity contribution in [1.29, 1.82) is 0 Å². The van der Waals surface area contributed by atoms with Crippen LogP contribution in [0.3, 0.4) is 0 Å². The van der Waals surface area contributed by atoms with Crippen LogP contribution in [0.1, 0.15) is 41.5 Å². The Balaban J connectivity index is 1.67. The minimum Gasteiger partial charge on any atom is -0.491 e. The molecule has 1 amide bonds. The van der Waals surface area contributed by atoms with Gasteiger partial charge in [0.2, 0.25) is 0 Å². The van der Waals surface area contributed by atoms with E-state index in [1.165, 1.54) is 6.07 Å². The summed E-state index contributed by atoms with van der Waals surface area (Å²) >= 11 is 0. The summed E-state index contributed by atoms with van der Waals surface area (Å²) in [5.74, 6) is -0.0337. The normalized spacial score (nSPS) is 12.6. The van der Waals surface area contributed by atoms with Crippen molar-refractivity contribution in [2.75, 3.05) is 11.9 Å². The third-order valence-corrected chi connectivity index (χ3v) is 4.82. The first-order chi connectivity index (χ1) is 13.7. The fourth-order valence-electron chi connectivity index (χ4n) is 3.53. The molecule has 0 bridgehead atoms. The number of nitrogens with zero attached hydrogens (tertiary/aromatic N) is 2. The summed E-state index contributed by atoms with van der Waals surface area (Å²) in [4.78, 5) is 13.0. The van der Waals surface area contributed by atoms with Gasteiger partial charge in [0.05, 0.1) is 12.3 Å². The number of hydrogen-bond donors (Lipinski definition) is 1. The molecular weight excluding hydrogens is 357 g/mol. The van der Waals surface area contributed by atoms with E-state index in [2.05, 4.69) is 10.4 Å². The van der Waals surface area contributed by atoms with Gasteiger partial charge >= 0.3 is 0 Å². The predicted octanol–water partition coefficient (Wildman–Crippen LogP) is 4.54. The van der Waals surface area contributed by atoms with Crippen LogP contribution in [0.2, 0.25) is 0 Å². The Morgan fingerprint density at radius 3 is 2.79 bits per heavy atom. The summed E-state index contributed by atoms with van der Waals surface area (Å²) in [6, 6.07) is 13.8. The van der Waals surface area contributed by atoms with Crippen LogP contribution in [0.15, 0.2) is 48.5 Å². The number of rotatable bonds is 6. The van der Waals surface area contributed by atoms with Crippen LogP contribution in [-0.2, 0) is 12.8 Å². The molecule has 1 aliphatic rings. The van der Waals surface area contributed by atoms with Gasteiger partial charge in [-0.1, -0.05) is 31.2 Å². The molecule has 0 fully saturated rings. The fourth-order valence-corrected chi connectivity index (χ4v) is 3.53. The Morgan fingerprint density at radius 1 is 1.18 bits per heavy atom. The minimum absolute atomic E-state index is 0.305. The highest BCUT2D eigenvalue weighted by Crippen LogP contribution is 2.30. The second-order valence-corrected chi connectivity index (χ2v) is 6.79. The van der Waals surface area contributed by atoms with Crippen LogP contribution in [0.5, 0.6) is 5.75 Å². The number of para-hydroxylation sites is 3. The van der Waals surface area contributed by atoms with E-state index in [0.29, 0.717) is 29.4 Å². The first-order valence-corrected chi connectivity index (χ1v) is 9.58. The Morgan fingerprint density at radius 2 is 1.96 bits per heavy atom. The lowest BCUT2D eigenvalue weighted by Crippen LogP contribution is -2.16. The summed E-state index contributed by atoms with van der Waals surface area (Å²) in [6.07, 6.45) is 3.35. The zero-order valence-electron chi connectivity index (χ0n) is 15.7. The van der Waals surface area contributed by atoms with E-state index in [-0.39, 0.29) is 11.7 Å². The maximum Gasteiger partial charge on any atom is 0.276 e. The van der Waals surface area contributed by atoms with Crippen molar-refractivity contribution in [1.82, 2.24) is 9.78 Å². The molecule has 0 aliphatic heterocycles. The van der Waals surface area contributed by atoms with Crippen molar-refractivity contribution in [3.63, 3.8) is 0 Å². The lowest BCUT2D eigenvalue weighted by Gasteiger charge is -2.11. The molecular formula is C22H22FN3O2. The topological polar surface area (TPSA) is 56.1 Å². The molecule has 28 heavy (non-hydrogen) atoms. The third-order valence-electron chi connectivity index (χ3n) is 4.82. The second kappa shape index (κ2) is 7.84. The number of ether oxygens (including phenoxy) is 1. The van der Waals surface area contributed by atoms with Crippen molar-refractivity contribution in [3.05, 3.63) is 71.3 Å². The zero-order chi connectivity index (χ0) is 19.5. The van der Waals surface area contributed by atoms with E-state index in [4.69, 9.17) is 4.74 Å². The van der Waals surface area contributed by atoms with Crippen LogP contribution in [0.4, 0.5) is 10.1 Å². The number of benzene rings is 2. The molecule has 1 N–H and O–H groups in total. The molecule has 1 aliphatic carbocycles. The van der Waals surface area contributed by atoms with Gasteiger partial charge in [-0.25, -0.2) is 9.07 Å². The van der Waals surface area contributed by atoms with Crippen molar-refractivity contribution in [2.45, 2.75) is 32.6 Å². The molecule has 4 rings (SSSR count). The van der Waals surface area contributed by atoms with E-state index in [0.717, 1.165) is 36.9 Å². The number of amides is 1. The summed E-state index contributed by atoms with van der Waals surface area (Å²) in [5.41, 5.74) is 3.12. The van der Waals surface area contributed by atoms with Crippen molar-refractivity contribution >= 4 is 11.6 Å². The van der Waals surface area contributed by atoms with Gasteiger partial charge < -0.3 is 10.1 Å². The van der Waals surface area contributed by atoms with E-state index >= 15 is 0 Å². The van der Waals surface area contributed by atoms with Crippen molar-refractivity contribution in [3.8, 4) is 11.4 Å². The quantitative estimate of drug-likeness (QED) is 0.684. The Bertz CT molecular complexity index is 1010. The molecule has 0 saturated heterocycles. The largest absolute Gasteiger partial charge is 0.491 e. The molecule has 5 nitrogen and oxygen atoms in total. The maximum atomic E-state index is 14.3. The van der Waals surface area contributed by atoms with E-state index < -0.39 is 0 Å². The van der Waals surface area contributed by atoms with Gasteiger partial charge in [-0.15, -0.1) is 0 Å². The first kappa shape index (κ1) is 18.2. The van der Waals surface area contributed by atoms with Crippen LogP contribution in [0, 0.1) is 5.82 Å². The smallest absolute Gasteiger partial charge is 0.276 e. The van der Waals surface area contributed by atoms with Crippen LogP contribution >= 0.6 is 0 Å². The maximum absolute atomic E-state index is 14.3. The van der Waals surface area contributed by atoms with E-state index in [1.54, 1.807) is 28.9 Å². The van der Waals surface area contributed by atoms with Gasteiger partial charge in [0.25, 0.3) is 5.91 Å². The molecule has 3 aromatic rings. The second-order valence-electron chi connectivity index (χ2n) is 6.79. The van der Waals surface area contributed by atoms with Crippen molar-refractivity contribution < 1.29 is 13.9 Å². The van der Waals surface area contributed by atoms with Gasteiger partial charge in [-0.3, -0.25) is 4.79 Å². The van der Waals surface area contributed by atoms with E-state index in [1.807, 2.05) is 25.1 Å². The number of fused-ring (bicyclic) bond motifs is 1. The summed E-state index contributed by atoms with van der Waals surface area (Å²) in [5, 5.41) is 7.39. The van der Waals surface area contributed by atoms with E-state index in [9.17, 15) is 9.18 Å². The molecule has 0 atom stereocenters. The molecule has 0 radical (unpaired) electrons. The highest BCUT2D eigenvalue weighted by Gasteiger charge is 2.28. The number of nitrogens with one attached hydrogen (secondary N) is 1. The standard InChI is InChI=1S/C22H22FN3O2/c1-2-14-28-20-13-6-4-10-17(20)24-22(27)21-15-8-7-12-18(15)26(25-21)19-11-5-3-9-16(19)23/h3-6,9-11,13H,2,7-8,12,14H2,1H3,(H,24,27). The van der Waals surface area contributed by atoms with Gasteiger partial charge in [0.15, 0.2) is 5.69 Å². The lowest BCUT2D eigenvalue weighted by atomic mass is 10.2. The molecule has 144 valence electrons. The number of hydrogen-bond acceptors (Lipinski definition) is 3. The van der Waals surface area contributed by atoms with Crippen LogP contribution in [0.25, 0.3) is 5.69 Å². The highest BCUT2D eigenvalue weighted by molar-refractivity contribution is 6.05. The van der Waals surface area contributed by atoms with Gasteiger partial charge in [-0.05, 0) is 49.9 Å². The van der Waals surface area contributed by atoms with Gasteiger partial charge in [-0.2, -0.15) is 5.10 Å². The van der Waals surface area contributed by atoms with Gasteiger partial charge in [0.1, 0.15) is 17.3 Å².